The van der Waals surface area contributed by atoms with E-state index in [2.05, 4.69) is 9.88 Å². The number of halogens is 2. The summed E-state index contributed by atoms with van der Waals surface area (Å²) in [5, 5.41) is 0.769. The van der Waals surface area contributed by atoms with Crippen LogP contribution in [0.3, 0.4) is 0 Å². The topological polar surface area (TPSA) is 33.2 Å². The maximum Gasteiger partial charge on any atom is 0.190 e. The van der Waals surface area contributed by atoms with Crippen molar-refractivity contribution >= 4 is 22.9 Å². The van der Waals surface area contributed by atoms with Crippen molar-refractivity contribution in [2.75, 3.05) is 18.0 Å². The van der Waals surface area contributed by atoms with E-state index in [0.717, 1.165) is 42.5 Å². The number of carbonyl (C=O) groups is 1. The van der Waals surface area contributed by atoms with Crippen LogP contribution in [0.1, 0.15) is 37.4 Å². The number of hydrogen-bond donors (Lipinski definition) is 0. The third kappa shape index (κ3) is 3.61. The predicted molar refractivity (Wildman–Crippen MR) is 112 cm³/mol. The quantitative estimate of drug-likeness (QED) is 0.531. The Labute approximate surface area is 169 Å². The third-order valence-corrected chi connectivity index (χ3v) is 5.71. The first kappa shape index (κ1) is 19.5. The number of aromatic nitrogens is 1. The number of aryl methyl sites for hydroxylation is 1. The second-order valence-corrected chi connectivity index (χ2v) is 7.90. The van der Waals surface area contributed by atoms with Gasteiger partial charge in [-0.2, -0.15) is 0 Å². The highest BCUT2D eigenvalue weighted by molar-refractivity contribution is 6.00. The number of piperidine rings is 1. The van der Waals surface area contributed by atoms with Crippen molar-refractivity contribution in [3.8, 4) is 11.1 Å². The number of nitrogens with zero attached hydrogens (tertiary/aromatic N) is 2. The lowest BCUT2D eigenvalue weighted by atomic mass is 9.86. The van der Waals surface area contributed by atoms with Gasteiger partial charge in [0.05, 0.1) is 5.52 Å². The Morgan fingerprint density at radius 1 is 1.07 bits per heavy atom. The maximum atomic E-state index is 15.3. The Balaban J connectivity index is 2.02. The Bertz CT molecular complexity index is 1050. The normalized spacial score (nSPS) is 16.6. The van der Waals surface area contributed by atoms with Gasteiger partial charge in [-0.25, -0.2) is 8.78 Å². The van der Waals surface area contributed by atoms with E-state index < -0.39 is 5.67 Å². The van der Waals surface area contributed by atoms with Gasteiger partial charge >= 0.3 is 0 Å². The van der Waals surface area contributed by atoms with E-state index in [4.69, 9.17) is 0 Å². The molecule has 3 aromatic rings. The molecule has 5 heteroatoms. The molecule has 29 heavy (non-hydrogen) atoms. The van der Waals surface area contributed by atoms with Gasteiger partial charge in [0.2, 0.25) is 0 Å². The molecular formula is C24H24F2N2O. The van der Waals surface area contributed by atoms with E-state index in [1.165, 1.54) is 25.5 Å². The second-order valence-electron chi connectivity index (χ2n) is 7.90. The molecule has 2 heterocycles. The average molecular weight is 394 g/mol. The molecule has 1 aliphatic rings. The van der Waals surface area contributed by atoms with E-state index in [1.807, 2.05) is 18.2 Å². The number of fused-ring (bicyclic) bond motifs is 1. The highest BCUT2D eigenvalue weighted by Crippen LogP contribution is 2.41. The highest BCUT2D eigenvalue weighted by Gasteiger charge is 2.32. The molecule has 1 unspecified atom stereocenters. The third-order valence-electron chi connectivity index (χ3n) is 5.71. The molecule has 1 atom stereocenters. The molecule has 0 amide bonds. The molecule has 2 aromatic carbocycles. The number of benzene rings is 2. The number of carbonyl (C=O) groups excluding carboxylic acids is 1. The first-order chi connectivity index (χ1) is 13.9. The first-order valence-electron chi connectivity index (χ1n) is 10.0. The van der Waals surface area contributed by atoms with Crippen LogP contribution in [0.5, 0.6) is 0 Å². The molecule has 150 valence electrons. The molecule has 0 N–H and O–H groups in total. The predicted octanol–water partition coefficient (Wildman–Crippen LogP) is 5.72. The summed E-state index contributed by atoms with van der Waals surface area (Å²) < 4.78 is 28.9. The largest absolute Gasteiger partial charge is 0.372 e. The maximum absolute atomic E-state index is 15.3. The Morgan fingerprint density at radius 2 is 1.76 bits per heavy atom. The smallest absolute Gasteiger partial charge is 0.190 e. The van der Waals surface area contributed by atoms with Crippen molar-refractivity contribution < 1.29 is 13.6 Å². The van der Waals surface area contributed by atoms with Crippen molar-refractivity contribution in [1.29, 1.82) is 0 Å². The Hall–Kier alpha value is -2.82. The summed E-state index contributed by atoms with van der Waals surface area (Å²) in [6.45, 7) is 4.93. The van der Waals surface area contributed by atoms with Crippen LogP contribution in [0.4, 0.5) is 14.5 Å². The van der Waals surface area contributed by atoms with Gasteiger partial charge in [-0.05, 0) is 74.6 Å². The first-order valence-corrected chi connectivity index (χ1v) is 10.0. The zero-order chi connectivity index (χ0) is 20.6. The highest BCUT2D eigenvalue weighted by atomic mass is 19.1. The Morgan fingerprint density at radius 3 is 2.41 bits per heavy atom. The summed E-state index contributed by atoms with van der Waals surface area (Å²) >= 11 is 0. The summed E-state index contributed by atoms with van der Waals surface area (Å²) in [6, 6.07) is 12.0. The fourth-order valence-electron chi connectivity index (χ4n) is 4.30. The van der Waals surface area contributed by atoms with Crippen molar-refractivity contribution in [3.63, 3.8) is 0 Å². The molecule has 0 radical (unpaired) electrons. The number of alkyl halides is 1. The summed E-state index contributed by atoms with van der Waals surface area (Å²) in [5.41, 5.74) is 1.55. The van der Waals surface area contributed by atoms with Crippen LogP contribution < -0.4 is 4.90 Å². The van der Waals surface area contributed by atoms with E-state index in [9.17, 15) is 9.18 Å². The van der Waals surface area contributed by atoms with Gasteiger partial charge in [0.25, 0.3) is 0 Å². The molecule has 0 spiro atoms. The van der Waals surface area contributed by atoms with Crippen LogP contribution in [0.15, 0.2) is 42.5 Å². The van der Waals surface area contributed by atoms with Gasteiger partial charge in [0.1, 0.15) is 5.82 Å². The van der Waals surface area contributed by atoms with Gasteiger partial charge in [-0.3, -0.25) is 9.78 Å². The molecule has 0 bridgehead atoms. The van der Waals surface area contributed by atoms with E-state index in [1.54, 1.807) is 19.1 Å². The molecule has 3 nitrogen and oxygen atoms in total. The molecular weight excluding hydrogens is 370 g/mol. The van der Waals surface area contributed by atoms with Crippen molar-refractivity contribution in [2.24, 2.45) is 0 Å². The van der Waals surface area contributed by atoms with E-state index in [-0.39, 0.29) is 11.4 Å². The number of rotatable bonds is 4. The lowest BCUT2D eigenvalue weighted by Gasteiger charge is -2.29. The van der Waals surface area contributed by atoms with Crippen LogP contribution in [-0.4, -0.2) is 24.4 Å². The van der Waals surface area contributed by atoms with Gasteiger partial charge in [-0.1, -0.05) is 12.1 Å². The standard InChI is InChI=1S/C24H24F2N2O/c1-16-23(24(2,26)15-29)22(17-6-8-18(25)9-7-17)20-14-19(10-11-21(20)27-16)28-12-4-3-5-13-28/h6-11,14-15H,3-5,12-13H2,1-2H3. The lowest BCUT2D eigenvalue weighted by Crippen LogP contribution is -2.29. The minimum absolute atomic E-state index is 0.238. The zero-order valence-electron chi connectivity index (χ0n) is 16.7. The minimum Gasteiger partial charge on any atom is -0.372 e. The summed E-state index contributed by atoms with van der Waals surface area (Å²) in [6.07, 6.45) is 3.83. The second kappa shape index (κ2) is 7.54. The fourth-order valence-corrected chi connectivity index (χ4v) is 4.30. The van der Waals surface area contributed by atoms with Gasteiger partial charge < -0.3 is 4.90 Å². The van der Waals surface area contributed by atoms with Gasteiger partial charge in [0, 0.05) is 35.4 Å². The molecule has 1 saturated heterocycles. The van der Waals surface area contributed by atoms with Crippen molar-refractivity contribution in [1.82, 2.24) is 4.98 Å². The van der Waals surface area contributed by atoms with Gasteiger partial charge in [0.15, 0.2) is 12.0 Å². The Kier molecular flexibility index (Phi) is 5.07. The number of hydrogen-bond acceptors (Lipinski definition) is 3. The van der Waals surface area contributed by atoms with Crippen LogP contribution in [-0.2, 0) is 10.5 Å². The van der Waals surface area contributed by atoms with Crippen LogP contribution >= 0.6 is 0 Å². The van der Waals surface area contributed by atoms with Crippen LogP contribution in [0.25, 0.3) is 22.0 Å². The number of anilines is 1. The minimum atomic E-state index is -2.20. The summed E-state index contributed by atoms with van der Waals surface area (Å²) in [4.78, 5) is 18.5. The van der Waals surface area contributed by atoms with Crippen LogP contribution in [0.2, 0.25) is 0 Å². The van der Waals surface area contributed by atoms with Crippen LogP contribution in [0, 0.1) is 12.7 Å². The molecule has 0 aliphatic carbocycles. The molecule has 1 fully saturated rings. The van der Waals surface area contributed by atoms with E-state index in [0.29, 0.717) is 23.1 Å². The van der Waals surface area contributed by atoms with E-state index >= 15 is 4.39 Å². The lowest BCUT2D eigenvalue weighted by molar-refractivity contribution is -0.117. The zero-order valence-corrected chi connectivity index (χ0v) is 16.7. The van der Waals surface area contributed by atoms with Gasteiger partial charge in [-0.15, -0.1) is 0 Å². The molecule has 4 rings (SSSR count). The molecule has 0 saturated carbocycles. The fraction of sp³-hybridized carbons (Fsp3) is 0.333. The molecule has 1 aromatic heterocycles. The van der Waals surface area contributed by atoms with Crippen molar-refractivity contribution in [2.45, 2.75) is 38.8 Å². The SMILES string of the molecule is Cc1nc2ccc(N3CCCCC3)cc2c(-c2ccc(F)cc2)c1C(C)(F)C=O. The summed E-state index contributed by atoms with van der Waals surface area (Å²) in [7, 11) is 0. The van der Waals surface area contributed by atoms with Crippen molar-refractivity contribution in [3.05, 3.63) is 59.5 Å². The molecule has 1 aliphatic heterocycles. The summed E-state index contributed by atoms with van der Waals surface area (Å²) in [5.74, 6) is -0.363. The number of aldehydes is 1. The monoisotopic (exact) mass is 394 g/mol. The average Bonchev–Trinajstić information content (AvgIpc) is 2.73. The number of pyridine rings is 1.